The Kier molecular flexibility index (Phi) is 7.53. The molecule has 19 heavy (non-hydrogen) atoms. The van der Waals surface area contributed by atoms with Crippen molar-refractivity contribution < 1.29 is 30.0 Å². The second kappa shape index (κ2) is 8.05. The number of aliphatic carboxylic acids is 2. The molecular formula is C11H22N2O6. The maximum atomic E-state index is 10.2. The number of carbonyl (C=O) groups is 2. The molecule has 1 rings (SSSR count). The van der Waals surface area contributed by atoms with Crippen LogP contribution in [0.4, 0.5) is 0 Å². The van der Waals surface area contributed by atoms with Crippen molar-refractivity contribution in [3.8, 4) is 0 Å². The highest BCUT2D eigenvalue weighted by atomic mass is 16.4. The summed E-state index contributed by atoms with van der Waals surface area (Å²) in [5.74, 6) is -2.56. The molecule has 0 aromatic carbocycles. The van der Waals surface area contributed by atoms with Crippen molar-refractivity contribution in [3.05, 3.63) is 0 Å². The van der Waals surface area contributed by atoms with E-state index in [4.69, 9.17) is 26.2 Å². The maximum Gasteiger partial charge on any atom is 0.351 e. The molecule has 1 aliphatic rings. The highest BCUT2D eigenvalue weighted by Gasteiger charge is 2.38. The molecule has 8 heteroatoms. The molecule has 1 aliphatic heterocycles. The Labute approximate surface area is 111 Å². The Morgan fingerprint density at radius 1 is 1.42 bits per heavy atom. The Balaban J connectivity index is 0.000000342. The third-order valence-electron chi connectivity index (χ3n) is 3.04. The second-order valence-electron chi connectivity index (χ2n) is 4.41. The van der Waals surface area contributed by atoms with Crippen LogP contribution in [0.2, 0.25) is 0 Å². The van der Waals surface area contributed by atoms with E-state index in [0.717, 1.165) is 6.42 Å². The standard InChI is InChI=1S/C6H13NO3.C5H9NO3/c1-2-4(3-8)5(7)6(9)10;7-4(8)5(9)2-1-3-6-5/h4-5,8H,2-3,7H2,1H3,(H,9,10);6,9H,1-3H2,(H,7,8)/t4-,5+;5-/m11/s1. The number of carboxylic acids is 2. The molecule has 1 saturated heterocycles. The average Bonchev–Trinajstić information content (AvgIpc) is 2.80. The topological polar surface area (TPSA) is 153 Å². The molecule has 8 nitrogen and oxygen atoms in total. The van der Waals surface area contributed by atoms with E-state index >= 15 is 0 Å². The lowest BCUT2D eigenvalue weighted by Gasteiger charge is -2.15. The minimum absolute atomic E-state index is 0.163. The number of nitrogens with one attached hydrogen (secondary N) is 1. The van der Waals surface area contributed by atoms with Crippen LogP contribution in [-0.2, 0) is 9.59 Å². The summed E-state index contributed by atoms with van der Waals surface area (Å²) in [7, 11) is 0. The Morgan fingerprint density at radius 3 is 2.16 bits per heavy atom. The van der Waals surface area contributed by atoms with Gasteiger partial charge in [0.25, 0.3) is 0 Å². The zero-order valence-electron chi connectivity index (χ0n) is 10.9. The molecule has 0 radical (unpaired) electrons. The van der Waals surface area contributed by atoms with Gasteiger partial charge in [-0.15, -0.1) is 0 Å². The van der Waals surface area contributed by atoms with Crippen molar-refractivity contribution in [2.45, 2.75) is 38.0 Å². The Hall–Kier alpha value is -1.22. The van der Waals surface area contributed by atoms with Crippen LogP contribution in [0.3, 0.4) is 0 Å². The number of rotatable bonds is 5. The Bertz CT molecular complexity index is 300. The van der Waals surface area contributed by atoms with Crippen molar-refractivity contribution >= 4 is 11.9 Å². The molecule has 0 spiro atoms. The van der Waals surface area contributed by atoms with Crippen LogP contribution in [0.5, 0.6) is 0 Å². The van der Waals surface area contributed by atoms with Crippen LogP contribution >= 0.6 is 0 Å². The second-order valence-corrected chi connectivity index (χ2v) is 4.41. The van der Waals surface area contributed by atoms with E-state index < -0.39 is 23.7 Å². The van der Waals surface area contributed by atoms with Crippen LogP contribution in [0, 0.1) is 5.92 Å². The third kappa shape index (κ3) is 5.52. The lowest BCUT2D eigenvalue weighted by atomic mass is 9.99. The van der Waals surface area contributed by atoms with Crippen molar-refractivity contribution in [2.75, 3.05) is 13.2 Å². The van der Waals surface area contributed by atoms with Crippen molar-refractivity contribution in [2.24, 2.45) is 11.7 Å². The predicted molar refractivity (Wildman–Crippen MR) is 66.3 cm³/mol. The van der Waals surface area contributed by atoms with Gasteiger partial charge in [-0.05, 0) is 19.4 Å². The molecule has 112 valence electrons. The summed E-state index contributed by atoms with van der Waals surface area (Å²) in [6.07, 6.45) is 1.62. The first-order valence-electron chi connectivity index (χ1n) is 6.08. The first-order valence-corrected chi connectivity index (χ1v) is 6.08. The number of carboxylic acid groups (broad SMARTS) is 2. The van der Waals surface area contributed by atoms with Gasteiger partial charge in [-0.1, -0.05) is 6.92 Å². The molecule has 0 aliphatic carbocycles. The summed E-state index contributed by atoms with van der Waals surface area (Å²) in [5.41, 5.74) is 3.58. The van der Waals surface area contributed by atoms with Gasteiger partial charge in [0, 0.05) is 18.9 Å². The minimum Gasteiger partial charge on any atom is -0.480 e. The zero-order valence-corrected chi connectivity index (χ0v) is 10.9. The van der Waals surface area contributed by atoms with Gasteiger partial charge in [-0.25, -0.2) is 4.79 Å². The van der Waals surface area contributed by atoms with Gasteiger partial charge < -0.3 is 26.2 Å². The van der Waals surface area contributed by atoms with E-state index in [1.165, 1.54) is 0 Å². The molecule has 0 unspecified atom stereocenters. The van der Waals surface area contributed by atoms with Crippen molar-refractivity contribution in [1.29, 1.82) is 0 Å². The van der Waals surface area contributed by atoms with Crippen molar-refractivity contribution in [1.82, 2.24) is 5.32 Å². The molecular weight excluding hydrogens is 256 g/mol. The van der Waals surface area contributed by atoms with E-state index in [1.54, 1.807) is 6.92 Å². The number of aliphatic hydroxyl groups is 2. The van der Waals surface area contributed by atoms with Gasteiger partial charge in [0.05, 0.1) is 0 Å². The summed E-state index contributed by atoms with van der Waals surface area (Å²) < 4.78 is 0. The van der Waals surface area contributed by atoms with Gasteiger partial charge >= 0.3 is 11.9 Å². The summed E-state index contributed by atoms with van der Waals surface area (Å²) in [4.78, 5) is 20.4. The van der Waals surface area contributed by atoms with Crippen LogP contribution in [0.15, 0.2) is 0 Å². The maximum absolute atomic E-state index is 10.2. The lowest BCUT2D eigenvalue weighted by Crippen LogP contribution is -2.47. The summed E-state index contributed by atoms with van der Waals surface area (Å²) in [6.45, 7) is 2.22. The van der Waals surface area contributed by atoms with Gasteiger partial charge in [0.2, 0.25) is 5.72 Å². The third-order valence-corrected chi connectivity index (χ3v) is 3.04. The molecule has 0 saturated carbocycles. The highest BCUT2D eigenvalue weighted by molar-refractivity contribution is 5.76. The van der Waals surface area contributed by atoms with Gasteiger partial charge in [0.15, 0.2) is 0 Å². The molecule has 0 bridgehead atoms. The Morgan fingerprint density at radius 2 is 2.00 bits per heavy atom. The van der Waals surface area contributed by atoms with Crippen LogP contribution in [0.1, 0.15) is 26.2 Å². The molecule has 1 heterocycles. The van der Waals surface area contributed by atoms with E-state index in [0.29, 0.717) is 19.4 Å². The SMILES string of the molecule is CC[C@H](CO)[C@H](N)C(=O)O.O=C(O)[C@]1(O)CCCN1. The monoisotopic (exact) mass is 278 g/mol. The fraction of sp³-hybridized carbons (Fsp3) is 0.818. The van der Waals surface area contributed by atoms with Gasteiger partial charge in [0.1, 0.15) is 6.04 Å². The first kappa shape index (κ1) is 17.8. The molecule has 1 fully saturated rings. The highest BCUT2D eigenvalue weighted by Crippen LogP contribution is 2.15. The number of hydrogen-bond acceptors (Lipinski definition) is 6. The van der Waals surface area contributed by atoms with Gasteiger partial charge in [-0.2, -0.15) is 0 Å². The first-order chi connectivity index (χ1) is 8.78. The molecule has 0 amide bonds. The summed E-state index contributed by atoms with van der Waals surface area (Å²) in [5, 5.41) is 36.9. The van der Waals surface area contributed by atoms with Gasteiger partial charge in [-0.3, -0.25) is 10.1 Å². The fourth-order valence-electron chi connectivity index (χ4n) is 1.61. The zero-order chi connectivity index (χ0) is 15.1. The smallest absolute Gasteiger partial charge is 0.351 e. The average molecular weight is 278 g/mol. The van der Waals surface area contributed by atoms with E-state index in [2.05, 4.69) is 5.32 Å². The quantitative estimate of drug-likeness (QED) is 0.357. The summed E-state index contributed by atoms with van der Waals surface area (Å²) >= 11 is 0. The van der Waals surface area contributed by atoms with E-state index in [9.17, 15) is 9.59 Å². The molecule has 0 aromatic rings. The van der Waals surface area contributed by atoms with E-state index in [1.807, 2.05) is 0 Å². The molecule has 7 N–H and O–H groups in total. The number of hydrogen-bond donors (Lipinski definition) is 6. The lowest BCUT2D eigenvalue weighted by molar-refractivity contribution is -0.160. The molecule has 0 aromatic heterocycles. The van der Waals surface area contributed by atoms with E-state index in [-0.39, 0.29) is 12.5 Å². The number of nitrogens with two attached hydrogens (primary N) is 1. The van der Waals surface area contributed by atoms with Crippen LogP contribution in [0.25, 0.3) is 0 Å². The minimum atomic E-state index is -1.64. The summed E-state index contributed by atoms with van der Waals surface area (Å²) in [6, 6.07) is -0.935. The van der Waals surface area contributed by atoms with Crippen molar-refractivity contribution in [3.63, 3.8) is 0 Å². The predicted octanol–water partition coefficient (Wildman–Crippen LogP) is -1.44. The van der Waals surface area contributed by atoms with Crippen LogP contribution in [-0.4, -0.2) is 57.3 Å². The normalized spacial score (nSPS) is 25.1. The molecule has 3 atom stereocenters. The fourth-order valence-corrected chi connectivity index (χ4v) is 1.61. The largest absolute Gasteiger partial charge is 0.480 e. The van der Waals surface area contributed by atoms with Crippen LogP contribution < -0.4 is 11.1 Å². The number of aliphatic hydroxyl groups excluding tert-OH is 1.